The molecule has 1 amide bonds. The molecule has 1 fully saturated rings. The molecule has 25 heavy (non-hydrogen) atoms. The summed E-state index contributed by atoms with van der Waals surface area (Å²) in [5.74, 6) is 0. The van der Waals surface area contributed by atoms with E-state index in [0.717, 1.165) is 34.4 Å². The maximum atomic E-state index is 11.4. The van der Waals surface area contributed by atoms with Crippen LogP contribution < -0.4 is 10.3 Å². The van der Waals surface area contributed by atoms with Crippen LogP contribution in [-0.4, -0.2) is 50.2 Å². The van der Waals surface area contributed by atoms with E-state index in [9.17, 15) is 4.79 Å². The van der Waals surface area contributed by atoms with Gasteiger partial charge in [-0.25, -0.2) is 15.2 Å². The first-order valence-corrected chi connectivity index (χ1v) is 8.94. The van der Waals surface area contributed by atoms with Crippen LogP contribution in [0.1, 0.15) is 11.8 Å². The maximum absolute atomic E-state index is 11.4. The predicted molar refractivity (Wildman–Crippen MR) is 98.3 cm³/mol. The van der Waals surface area contributed by atoms with E-state index in [1.54, 1.807) is 24.5 Å². The minimum atomic E-state index is -0.571. The van der Waals surface area contributed by atoms with Crippen LogP contribution in [0.3, 0.4) is 0 Å². The zero-order valence-electron chi connectivity index (χ0n) is 14.0. The van der Waals surface area contributed by atoms with Crippen LogP contribution in [0.5, 0.6) is 0 Å². The van der Waals surface area contributed by atoms with E-state index in [2.05, 4.69) is 15.4 Å². The molecule has 0 atom stereocenters. The van der Waals surface area contributed by atoms with Crippen LogP contribution in [0, 0.1) is 0 Å². The number of hydrogen-bond acceptors (Lipinski definition) is 7. The molecule has 1 aliphatic rings. The molecular formula is C17H20N4O3S. The number of hydrogen-bond donors (Lipinski definition) is 1. The fraction of sp³-hybridized carbons (Fsp3) is 0.353. The molecule has 7 nitrogen and oxygen atoms in total. The Morgan fingerprint density at radius 1 is 1.40 bits per heavy atom. The quantitative estimate of drug-likeness (QED) is 0.655. The van der Waals surface area contributed by atoms with Gasteiger partial charge in [0.15, 0.2) is 5.13 Å². The summed E-state index contributed by atoms with van der Waals surface area (Å²) in [4.78, 5) is 19.2. The van der Waals surface area contributed by atoms with E-state index in [-0.39, 0.29) is 0 Å². The second-order valence-corrected chi connectivity index (χ2v) is 6.27. The number of carbonyl (C=O) groups is 1. The lowest BCUT2D eigenvalue weighted by atomic mass is 10.1. The fourth-order valence-electron chi connectivity index (χ4n) is 2.41. The number of rotatable bonds is 5. The van der Waals surface area contributed by atoms with Crippen LogP contribution >= 0.6 is 11.3 Å². The number of anilines is 1. The van der Waals surface area contributed by atoms with Crippen molar-refractivity contribution >= 4 is 28.8 Å². The van der Waals surface area contributed by atoms with Gasteiger partial charge in [-0.1, -0.05) is 41.7 Å². The molecular weight excluding hydrogens is 340 g/mol. The Balaban J connectivity index is 1.85. The summed E-state index contributed by atoms with van der Waals surface area (Å²) in [6, 6.07) is 9.93. The summed E-state index contributed by atoms with van der Waals surface area (Å²) < 4.78 is 10.2. The van der Waals surface area contributed by atoms with Crippen molar-refractivity contribution in [2.24, 2.45) is 5.10 Å². The summed E-state index contributed by atoms with van der Waals surface area (Å²) >= 11 is 1.54. The molecule has 0 saturated carbocycles. The molecule has 0 spiro atoms. The summed E-state index contributed by atoms with van der Waals surface area (Å²) in [6.45, 7) is 5.09. The lowest BCUT2D eigenvalue weighted by Gasteiger charge is -2.26. The van der Waals surface area contributed by atoms with Gasteiger partial charge in [-0.05, 0) is 6.92 Å². The van der Waals surface area contributed by atoms with Gasteiger partial charge >= 0.3 is 6.09 Å². The number of aromatic nitrogens is 1. The van der Waals surface area contributed by atoms with Crippen molar-refractivity contribution in [3.63, 3.8) is 0 Å². The SMILES string of the molecule is CCOC(=O)N/N=C\c1sc(N2CCOCC2)nc1-c1ccccc1. The zero-order valence-corrected chi connectivity index (χ0v) is 14.8. The third-order valence-corrected chi connectivity index (χ3v) is 4.63. The fourth-order valence-corrected chi connectivity index (χ4v) is 3.42. The monoisotopic (exact) mass is 360 g/mol. The molecule has 132 valence electrons. The van der Waals surface area contributed by atoms with E-state index in [0.29, 0.717) is 19.8 Å². The number of nitrogens with one attached hydrogen (secondary N) is 1. The Labute approximate surface area is 150 Å². The van der Waals surface area contributed by atoms with Crippen LogP contribution in [0.15, 0.2) is 35.4 Å². The molecule has 2 heterocycles. The van der Waals surface area contributed by atoms with Gasteiger partial charge in [0.25, 0.3) is 0 Å². The summed E-state index contributed by atoms with van der Waals surface area (Å²) in [7, 11) is 0. The molecule has 1 saturated heterocycles. The number of benzene rings is 1. The highest BCUT2D eigenvalue weighted by molar-refractivity contribution is 7.17. The highest BCUT2D eigenvalue weighted by Gasteiger charge is 2.18. The highest BCUT2D eigenvalue weighted by Crippen LogP contribution is 2.32. The molecule has 0 unspecified atom stereocenters. The molecule has 2 aromatic rings. The van der Waals surface area contributed by atoms with Crippen LogP contribution in [0.25, 0.3) is 11.3 Å². The molecule has 0 radical (unpaired) electrons. The first-order valence-electron chi connectivity index (χ1n) is 8.12. The Morgan fingerprint density at radius 3 is 2.88 bits per heavy atom. The van der Waals surface area contributed by atoms with Gasteiger partial charge in [0.2, 0.25) is 0 Å². The number of thiazole rings is 1. The van der Waals surface area contributed by atoms with Crippen molar-refractivity contribution in [2.45, 2.75) is 6.92 Å². The average Bonchev–Trinajstić information content (AvgIpc) is 3.08. The summed E-state index contributed by atoms with van der Waals surface area (Å²) in [5, 5.41) is 4.91. The van der Waals surface area contributed by atoms with E-state index < -0.39 is 6.09 Å². The lowest BCUT2D eigenvalue weighted by Crippen LogP contribution is -2.36. The molecule has 1 aromatic carbocycles. The van der Waals surface area contributed by atoms with Gasteiger partial charge in [-0.3, -0.25) is 0 Å². The van der Waals surface area contributed by atoms with Gasteiger partial charge in [-0.15, -0.1) is 0 Å². The largest absolute Gasteiger partial charge is 0.449 e. The molecule has 1 aromatic heterocycles. The highest BCUT2D eigenvalue weighted by atomic mass is 32.1. The van der Waals surface area contributed by atoms with Gasteiger partial charge in [0, 0.05) is 18.7 Å². The van der Waals surface area contributed by atoms with Crippen molar-refractivity contribution in [2.75, 3.05) is 37.8 Å². The standard InChI is InChI=1S/C17H20N4O3S/c1-2-24-17(22)20-18-12-14-15(13-6-4-3-5-7-13)19-16(25-14)21-8-10-23-11-9-21/h3-7,12H,2,8-11H2,1H3,(H,20,22)/b18-12-. The second kappa shape index (κ2) is 8.59. The number of nitrogens with zero attached hydrogens (tertiary/aromatic N) is 3. The van der Waals surface area contributed by atoms with E-state index in [4.69, 9.17) is 14.5 Å². The van der Waals surface area contributed by atoms with E-state index >= 15 is 0 Å². The van der Waals surface area contributed by atoms with Crippen molar-refractivity contribution in [1.82, 2.24) is 10.4 Å². The lowest BCUT2D eigenvalue weighted by molar-refractivity contribution is 0.122. The number of morpholine rings is 1. The third-order valence-electron chi connectivity index (χ3n) is 3.58. The Bertz CT molecular complexity index is 727. The van der Waals surface area contributed by atoms with Crippen molar-refractivity contribution in [1.29, 1.82) is 0 Å². The van der Waals surface area contributed by atoms with Gasteiger partial charge in [0.05, 0.1) is 36.6 Å². The Morgan fingerprint density at radius 2 is 2.16 bits per heavy atom. The molecule has 1 N–H and O–H groups in total. The van der Waals surface area contributed by atoms with Crippen molar-refractivity contribution in [3.05, 3.63) is 35.2 Å². The number of amides is 1. The van der Waals surface area contributed by atoms with Gasteiger partial charge in [0.1, 0.15) is 0 Å². The minimum Gasteiger partial charge on any atom is -0.449 e. The third kappa shape index (κ3) is 4.55. The van der Waals surface area contributed by atoms with Crippen molar-refractivity contribution in [3.8, 4) is 11.3 Å². The minimum absolute atomic E-state index is 0.304. The second-order valence-electron chi connectivity index (χ2n) is 5.27. The van der Waals surface area contributed by atoms with Crippen LogP contribution in [0.2, 0.25) is 0 Å². The smallest absolute Gasteiger partial charge is 0.427 e. The maximum Gasteiger partial charge on any atom is 0.427 e. The summed E-state index contributed by atoms with van der Waals surface area (Å²) in [6.07, 6.45) is 1.04. The van der Waals surface area contributed by atoms with Gasteiger partial charge in [-0.2, -0.15) is 5.10 Å². The Hall–Kier alpha value is -2.45. The predicted octanol–water partition coefficient (Wildman–Crippen LogP) is 2.73. The summed E-state index contributed by atoms with van der Waals surface area (Å²) in [5.41, 5.74) is 4.21. The molecule has 1 aliphatic heterocycles. The molecule has 0 aliphatic carbocycles. The van der Waals surface area contributed by atoms with Crippen molar-refractivity contribution < 1.29 is 14.3 Å². The van der Waals surface area contributed by atoms with E-state index in [1.165, 1.54) is 0 Å². The normalized spacial score (nSPS) is 14.7. The molecule has 0 bridgehead atoms. The zero-order chi connectivity index (χ0) is 17.5. The molecule has 8 heteroatoms. The number of carbonyl (C=O) groups excluding carboxylic acids is 1. The van der Waals surface area contributed by atoms with Crippen LogP contribution in [-0.2, 0) is 9.47 Å². The topological polar surface area (TPSA) is 76.0 Å². The van der Waals surface area contributed by atoms with Gasteiger partial charge < -0.3 is 14.4 Å². The first kappa shape index (κ1) is 17.4. The number of hydrazone groups is 1. The van der Waals surface area contributed by atoms with E-state index in [1.807, 2.05) is 30.3 Å². The van der Waals surface area contributed by atoms with Crippen LogP contribution in [0.4, 0.5) is 9.93 Å². The molecule has 3 rings (SSSR count). The number of ether oxygens (including phenoxy) is 2. The first-order chi connectivity index (χ1) is 12.3. The Kier molecular flexibility index (Phi) is 5.97. The average molecular weight is 360 g/mol.